The van der Waals surface area contributed by atoms with Crippen LogP contribution in [-0.4, -0.2) is 28.6 Å². The summed E-state index contributed by atoms with van der Waals surface area (Å²) in [6.07, 6.45) is 3.98. The number of para-hydroxylation sites is 2. The van der Waals surface area contributed by atoms with Crippen LogP contribution in [0.5, 0.6) is 0 Å². The number of aromatic nitrogens is 1. The predicted molar refractivity (Wildman–Crippen MR) is 95.7 cm³/mol. The number of nitrogens with zero attached hydrogens (tertiary/aromatic N) is 1. The Morgan fingerprint density at radius 2 is 2.04 bits per heavy atom. The zero-order chi connectivity index (χ0) is 18.5. The van der Waals surface area contributed by atoms with Crippen LogP contribution in [0.1, 0.15) is 45.4 Å². The van der Waals surface area contributed by atoms with Gasteiger partial charge in [0.1, 0.15) is 0 Å². The number of ether oxygens (including phenoxy) is 1. The minimum atomic E-state index is -0.805. The van der Waals surface area contributed by atoms with Crippen molar-refractivity contribution in [2.24, 2.45) is 0 Å². The lowest BCUT2D eigenvalue weighted by atomic mass is 10.2. The first kappa shape index (κ1) is 18.2. The Balaban J connectivity index is 1.45. The molecule has 26 heavy (non-hydrogen) atoms. The van der Waals surface area contributed by atoms with E-state index in [0.717, 1.165) is 25.7 Å². The van der Waals surface area contributed by atoms with Gasteiger partial charge in [-0.1, -0.05) is 25.0 Å². The molecule has 1 N–H and O–H groups in total. The van der Waals surface area contributed by atoms with Gasteiger partial charge in [0, 0.05) is 19.0 Å². The van der Waals surface area contributed by atoms with Crippen LogP contribution in [0.25, 0.3) is 11.1 Å². The Hall–Kier alpha value is -2.57. The summed E-state index contributed by atoms with van der Waals surface area (Å²) < 4.78 is 11.9. The fraction of sp³-hybridized carbons (Fsp3) is 0.526. The molecule has 0 bridgehead atoms. The number of benzene rings is 1. The summed E-state index contributed by atoms with van der Waals surface area (Å²) in [5, 5.41) is 2.92. The van der Waals surface area contributed by atoms with Crippen molar-refractivity contribution >= 4 is 23.0 Å². The number of aryl methyl sites for hydroxylation is 1. The number of fused-ring (bicyclic) bond motifs is 1. The van der Waals surface area contributed by atoms with Crippen LogP contribution in [0.4, 0.5) is 0 Å². The van der Waals surface area contributed by atoms with Crippen molar-refractivity contribution in [2.75, 3.05) is 0 Å². The zero-order valence-corrected chi connectivity index (χ0v) is 14.9. The molecular formula is C19H24N2O5. The van der Waals surface area contributed by atoms with Gasteiger partial charge in [0.15, 0.2) is 11.7 Å². The highest BCUT2D eigenvalue weighted by Crippen LogP contribution is 2.18. The largest absolute Gasteiger partial charge is 0.453 e. The van der Waals surface area contributed by atoms with Gasteiger partial charge in [-0.15, -0.1) is 0 Å². The molecule has 0 unspecified atom stereocenters. The Morgan fingerprint density at radius 3 is 2.81 bits per heavy atom. The third-order valence-corrected chi connectivity index (χ3v) is 4.72. The Bertz CT molecular complexity index is 832. The van der Waals surface area contributed by atoms with E-state index in [9.17, 15) is 14.4 Å². The average Bonchev–Trinajstić information content (AvgIpc) is 3.22. The molecule has 1 saturated carbocycles. The van der Waals surface area contributed by atoms with Crippen molar-refractivity contribution in [3.8, 4) is 0 Å². The molecule has 1 fully saturated rings. The van der Waals surface area contributed by atoms with Crippen LogP contribution < -0.4 is 11.1 Å². The van der Waals surface area contributed by atoms with Crippen LogP contribution in [-0.2, 0) is 20.9 Å². The number of carbonyl (C=O) groups excluding carboxylic acids is 2. The molecule has 2 aromatic rings. The lowest BCUT2D eigenvalue weighted by Crippen LogP contribution is -2.40. The zero-order valence-electron chi connectivity index (χ0n) is 14.9. The van der Waals surface area contributed by atoms with Crippen molar-refractivity contribution in [3.63, 3.8) is 0 Å². The second-order valence-electron chi connectivity index (χ2n) is 6.71. The molecule has 1 atom stereocenters. The molecule has 0 radical (unpaired) electrons. The lowest BCUT2D eigenvalue weighted by Gasteiger charge is -2.17. The van der Waals surface area contributed by atoms with Gasteiger partial charge in [-0.05, 0) is 38.3 Å². The summed E-state index contributed by atoms with van der Waals surface area (Å²) >= 11 is 0. The molecule has 1 aromatic heterocycles. The van der Waals surface area contributed by atoms with Crippen molar-refractivity contribution < 1.29 is 18.7 Å². The molecule has 1 heterocycles. The number of hydrogen-bond acceptors (Lipinski definition) is 5. The van der Waals surface area contributed by atoms with Crippen molar-refractivity contribution in [1.29, 1.82) is 0 Å². The van der Waals surface area contributed by atoms with Gasteiger partial charge >= 0.3 is 11.7 Å². The number of rotatable bonds is 7. The minimum absolute atomic E-state index is 0.132. The maximum Gasteiger partial charge on any atom is 0.419 e. The van der Waals surface area contributed by atoms with Gasteiger partial charge in [-0.25, -0.2) is 4.79 Å². The van der Waals surface area contributed by atoms with Gasteiger partial charge in [0.25, 0.3) is 5.91 Å². The minimum Gasteiger partial charge on any atom is -0.453 e. The Labute approximate surface area is 151 Å². The van der Waals surface area contributed by atoms with Gasteiger partial charge in [-0.3, -0.25) is 14.2 Å². The fourth-order valence-corrected chi connectivity index (χ4v) is 3.31. The second kappa shape index (κ2) is 8.21. The first-order valence-corrected chi connectivity index (χ1v) is 9.13. The molecule has 7 nitrogen and oxygen atoms in total. The molecule has 7 heteroatoms. The molecular weight excluding hydrogens is 336 g/mol. The molecule has 140 valence electrons. The van der Waals surface area contributed by atoms with Gasteiger partial charge in [0.05, 0.1) is 5.52 Å². The molecule has 0 saturated heterocycles. The van der Waals surface area contributed by atoms with E-state index in [1.807, 2.05) is 6.07 Å². The standard InChI is InChI=1S/C19H24N2O5/c1-13(18(23)20-14-7-2-3-8-14)25-17(22)11-6-12-21-15-9-4-5-10-16(15)26-19(21)24/h4-5,9-10,13-14H,2-3,6-8,11-12H2,1H3,(H,20,23)/t13-/m0/s1. The van der Waals surface area contributed by atoms with E-state index < -0.39 is 17.8 Å². The molecule has 1 aliphatic carbocycles. The van der Waals surface area contributed by atoms with Crippen LogP contribution in [0.3, 0.4) is 0 Å². The average molecular weight is 360 g/mol. The molecule has 0 spiro atoms. The summed E-state index contributed by atoms with van der Waals surface area (Å²) in [4.78, 5) is 35.9. The van der Waals surface area contributed by atoms with E-state index in [1.165, 1.54) is 4.57 Å². The maximum absolute atomic E-state index is 12.0. The molecule has 3 rings (SSSR count). The number of nitrogens with one attached hydrogen (secondary N) is 1. The summed E-state index contributed by atoms with van der Waals surface area (Å²) in [6, 6.07) is 7.35. The quantitative estimate of drug-likeness (QED) is 0.766. The third kappa shape index (κ3) is 4.33. The number of esters is 1. The number of amides is 1. The Kier molecular flexibility index (Phi) is 5.75. The van der Waals surface area contributed by atoms with Crippen LogP contribution in [0.15, 0.2) is 33.5 Å². The maximum atomic E-state index is 12.0. The van der Waals surface area contributed by atoms with Gasteiger partial charge in [-0.2, -0.15) is 0 Å². The first-order valence-electron chi connectivity index (χ1n) is 9.13. The third-order valence-electron chi connectivity index (χ3n) is 4.72. The van der Waals surface area contributed by atoms with E-state index in [-0.39, 0.29) is 18.4 Å². The highest BCUT2D eigenvalue weighted by atomic mass is 16.5. The number of carbonyl (C=O) groups is 2. The van der Waals surface area contributed by atoms with Crippen molar-refractivity contribution in [2.45, 2.75) is 64.1 Å². The number of oxazole rings is 1. The molecule has 1 aliphatic rings. The smallest absolute Gasteiger partial charge is 0.419 e. The van der Waals surface area contributed by atoms with Crippen LogP contribution >= 0.6 is 0 Å². The first-order chi connectivity index (χ1) is 12.5. The molecule has 0 aliphatic heterocycles. The van der Waals surface area contributed by atoms with E-state index in [0.29, 0.717) is 24.1 Å². The van der Waals surface area contributed by atoms with Gasteiger partial charge in [0.2, 0.25) is 0 Å². The van der Waals surface area contributed by atoms with Crippen molar-refractivity contribution in [1.82, 2.24) is 9.88 Å². The van der Waals surface area contributed by atoms with Crippen molar-refractivity contribution in [3.05, 3.63) is 34.8 Å². The topological polar surface area (TPSA) is 90.5 Å². The highest BCUT2D eigenvalue weighted by Gasteiger charge is 2.23. The molecule has 1 aromatic carbocycles. The number of hydrogen-bond donors (Lipinski definition) is 1. The normalized spacial score (nSPS) is 15.9. The van der Waals surface area contributed by atoms with Gasteiger partial charge < -0.3 is 14.5 Å². The Morgan fingerprint density at radius 1 is 1.31 bits per heavy atom. The fourth-order valence-electron chi connectivity index (χ4n) is 3.31. The van der Waals surface area contributed by atoms with E-state index in [2.05, 4.69) is 5.32 Å². The summed E-state index contributed by atoms with van der Waals surface area (Å²) in [5.74, 6) is -1.13. The summed E-state index contributed by atoms with van der Waals surface area (Å²) in [7, 11) is 0. The van der Waals surface area contributed by atoms with E-state index in [4.69, 9.17) is 9.15 Å². The van der Waals surface area contributed by atoms with Crippen LogP contribution in [0.2, 0.25) is 0 Å². The summed E-state index contributed by atoms with van der Waals surface area (Å²) in [6.45, 7) is 1.93. The monoisotopic (exact) mass is 360 g/mol. The van der Waals surface area contributed by atoms with E-state index in [1.54, 1.807) is 25.1 Å². The SMILES string of the molecule is C[C@H](OC(=O)CCCn1c(=O)oc2ccccc21)C(=O)NC1CCCC1. The highest BCUT2D eigenvalue weighted by molar-refractivity contribution is 5.83. The lowest BCUT2D eigenvalue weighted by molar-refractivity contribution is -0.155. The molecule has 1 amide bonds. The summed E-state index contributed by atoms with van der Waals surface area (Å²) in [5.41, 5.74) is 1.23. The predicted octanol–water partition coefficient (Wildman–Crippen LogP) is 2.37. The second-order valence-corrected chi connectivity index (χ2v) is 6.71. The van der Waals surface area contributed by atoms with Crippen LogP contribution in [0, 0.1) is 0 Å². The van der Waals surface area contributed by atoms with E-state index >= 15 is 0 Å².